The minimum absolute atomic E-state index is 0.0103. The van der Waals surface area contributed by atoms with E-state index in [-0.39, 0.29) is 23.0 Å². The Balaban J connectivity index is 2.13. The number of nitrogen functional groups attached to an aromatic ring is 1. The summed E-state index contributed by atoms with van der Waals surface area (Å²) in [6.07, 6.45) is 2.12. The van der Waals surface area contributed by atoms with Crippen molar-refractivity contribution in [1.82, 2.24) is 10.2 Å². The quantitative estimate of drug-likeness (QED) is 0.418. The number of anilines is 1. The third-order valence-corrected chi connectivity index (χ3v) is 3.79. The second-order valence-electron chi connectivity index (χ2n) is 5.09. The molecule has 0 radical (unpaired) electrons. The van der Waals surface area contributed by atoms with E-state index in [9.17, 15) is 14.9 Å². The monoisotopic (exact) mass is 293 g/mol. The second kappa shape index (κ2) is 6.51. The highest BCUT2D eigenvalue weighted by molar-refractivity contribution is 6.00. The lowest BCUT2D eigenvalue weighted by atomic mass is 10.1. The van der Waals surface area contributed by atoms with Crippen molar-refractivity contribution in [3.63, 3.8) is 0 Å². The van der Waals surface area contributed by atoms with Crippen LogP contribution >= 0.6 is 0 Å². The fraction of sp³-hybridized carbons (Fsp3) is 0.462. The fourth-order valence-corrected chi connectivity index (χ4v) is 2.58. The van der Waals surface area contributed by atoms with Crippen molar-refractivity contribution in [2.24, 2.45) is 5.84 Å². The van der Waals surface area contributed by atoms with Crippen LogP contribution in [0.4, 0.5) is 11.4 Å². The molecule has 1 aliphatic rings. The molecule has 0 aromatic heterocycles. The number of nitro benzene ring substituents is 1. The first-order valence-electron chi connectivity index (χ1n) is 6.77. The number of benzene rings is 1. The molecule has 1 atom stereocenters. The van der Waals surface area contributed by atoms with Gasteiger partial charge in [0.2, 0.25) is 0 Å². The van der Waals surface area contributed by atoms with Gasteiger partial charge in [-0.2, -0.15) is 0 Å². The van der Waals surface area contributed by atoms with Gasteiger partial charge in [0.15, 0.2) is 0 Å². The zero-order valence-electron chi connectivity index (χ0n) is 11.8. The molecule has 1 amide bonds. The highest BCUT2D eigenvalue weighted by Crippen LogP contribution is 2.27. The van der Waals surface area contributed by atoms with Crippen LogP contribution in [0.3, 0.4) is 0 Å². The lowest BCUT2D eigenvalue weighted by Crippen LogP contribution is -2.38. The third kappa shape index (κ3) is 3.29. The summed E-state index contributed by atoms with van der Waals surface area (Å²) in [6.45, 7) is 1.49. The van der Waals surface area contributed by atoms with Crippen LogP contribution in [-0.2, 0) is 0 Å². The minimum atomic E-state index is -0.605. The van der Waals surface area contributed by atoms with Crippen molar-refractivity contribution < 1.29 is 9.72 Å². The number of amides is 1. The number of carbonyl (C=O) groups is 1. The van der Waals surface area contributed by atoms with Crippen LogP contribution in [0.2, 0.25) is 0 Å². The predicted molar refractivity (Wildman–Crippen MR) is 78.9 cm³/mol. The Morgan fingerprint density at radius 1 is 1.57 bits per heavy atom. The van der Waals surface area contributed by atoms with Crippen LogP contribution in [0.15, 0.2) is 18.2 Å². The largest absolute Gasteiger partial charge is 0.350 e. The van der Waals surface area contributed by atoms with Gasteiger partial charge in [-0.05, 0) is 38.6 Å². The summed E-state index contributed by atoms with van der Waals surface area (Å²) in [4.78, 5) is 24.9. The number of carbonyl (C=O) groups excluding carboxylic acids is 1. The van der Waals surface area contributed by atoms with E-state index in [1.165, 1.54) is 12.1 Å². The average molecular weight is 293 g/mol. The molecule has 0 spiro atoms. The first kappa shape index (κ1) is 15.2. The molecule has 0 aliphatic carbocycles. The van der Waals surface area contributed by atoms with Crippen LogP contribution in [0, 0.1) is 10.1 Å². The van der Waals surface area contributed by atoms with Gasteiger partial charge in [0.1, 0.15) is 11.3 Å². The first-order chi connectivity index (χ1) is 10.0. The number of nitrogens with zero attached hydrogens (tertiary/aromatic N) is 2. The molecule has 21 heavy (non-hydrogen) atoms. The van der Waals surface area contributed by atoms with E-state index in [1.54, 1.807) is 6.07 Å². The molecule has 8 nitrogen and oxygen atoms in total. The minimum Gasteiger partial charge on any atom is -0.350 e. The van der Waals surface area contributed by atoms with Crippen molar-refractivity contribution in [2.45, 2.75) is 18.9 Å². The summed E-state index contributed by atoms with van der Waals surface area (Å²) in [7, 11) is 2.01. The summed E-state index contributed by atoms with van der Waals surface area (Å²) in [6, 6.07) is 4.72. The van der Waals surface area contributed by atoms with Crippen molar-refractivity contribution in [3.8, 4) is 0 Å². The van der Waals surface area contributed by atoms with Crippen molar-refractivity contribution in [3.05, 3.63) is 33.9 Å². The van der Waals surface area contributed by atoms with Crippen LogP contribution in [0.5, 0.6) is 0 Å². The van der Waals surface area contributed by atoms with Crippen LogP contribution in [0.1, 0.15) is 23.2 Å². The maximum Gasteiger partial charge on any atom is 0.306 e. The van der Waals surface area contributed by atoms with Crippen LogP contribution in [-0.4, -0.2) is 41.9 Å². The van der Waals surface area contributed by atoms with E-state index >= 15 is 0 Å². The first-order valence-corrected chi connectivity index (χ1v) is 6.77. The van der Waals surface area contributed by atoms with Gasteiger partial charge in [-0.1, -0.05) is 6.07 Å². The molecule has 1 heterocycles. The van der Waals surface area contributed by atoms with Gasteiger partial charge in [-0.15, -0.1) is 0 Å². The predicted octanol–water partition coefficient (Wildman–Crippen LogP) is 0.704. The lowest BCUT2D eigenvalue weighted by Gasteiger charge is -2.19. The smallest absolute Gasteiger partial charge is 0.306 e. The molecule has 1 saturated heterocycles. The Hall–Kier alpha value is -2.19. The van der Waals surface area contributed by atoms with Crippen LogP contribution < -0.4 is 16.6 Å². The molecular weight excluding hydrogens is 274 g/mol. The molecule has 1 unspecified atom stereocenters. The Labute approximate surface area is 122 Å². The van der Waals surface area contributed by atoms with Crippen molar-refractivity contribution in [1.29, 1.82) is 0 Å². The molecule has 1 aliphatic heterocycles. The van der Waals surface area contributed by atoms with Gasteiger partial charge in [0.05, 0.1) is 4.92 Å². The number of nitro groups is 1. The zero-order valence-corrected chi connectivity index (χ0v) is 11.8. The highest BCUT2D eigenvalue weighted by Gasteiger charge is 2.26. The Kier molecular flexibility index (Phi) is 4.71. The number of nitrogens with one attached hydrogen (secondary N) is 2. The van der Waals surface area contributed by atoms with E-state index in [0.29, 0.717) is 6.54 Å². The van der Waals surface area contributed by atoms with Gasteiger partial charge >= 0.3 is 5.69 Å². The average Bonchev–Trinajstić information content (AvgIpc) is 2.89. The number of para-hydroxylation sites is 1. The molecule has 2 rings (SSSR count). The second-order valence-corrected chi connectivity index (χ2v) is 5.09. The van der Waals surface area contributed by atoms with Gasteiger partial charge < -0.3 is 15.6 Å². The van der Waals surface area contributed by atoms with E-state index in [4.69, 9.17) is 5.84 Å². The number of rotatable bonds is 5. The number of likely N-dealkylation sites (tertiary alicyclic amines) is 1. The Morgan fingerprint density at radius 2 is 2.33 bits per heavy atom. The van der Waals surface area contributed by atoms with Crippen molar-refractivity contribution >= 4 is 17.3 Å². The highest BCUT2D eigenvalue weighted by atomic mass is 16.6. The summed E-state index contributed by atoms with van der Waals surface area (Å²) in [5, 5.41) is 13.9. The SMILES string of the molecule is CN1CCCC1CNC(=O)c1cccc(NN)c1[N+](=O)[O-]. The molecule has 8 heteroatoms. The molecule has 114 valence electrons. The number of likely N-dealkylation sites (N-methyl/N-ethyl adjacent to an activating group) is 1. The lowest BCUT2D eigenvalue weighted by molar-refractivity contribution is -0.384. The van der Waals surface area contributed by atoms with E-state index in [2.05, 4.69) is 15.6 Å². The molecule has 1 aromatic carbocycles. The molecule has 1 aromatic rings. The molecular formula is C13H19N5O3. The number of hydrogen-bond donors (Lipinski definition) is 3. The Bertz CT molecular complexity index is 549. The summed E-state index contributed by atoms with van der Waals surface area (Å²) in [5.74, 6) is 4.80. The third-order valence-electron chi connectivity index (χ3n) is 3.79. The number of nitrogens with two attached hydrogens (primary N) is 1. The molecule has 0 saturated carbocycles. The van der Waals surface area contributed by atoms with Crippen LogP contribution in [0.25, 0.3) is 0 Å². The summed E-state index contributed by atoms with van der Waals surface area (Å²) < 4.78 is 0. The van der Waals surface area contributed by atoms with Gasteiger partial charge in [0, 0.05) is 12.6 Å². The Morgan fingerprint density at radius 3 is 2.90 bits per heavy atom. The number of hydrazine groups is 1. The maximum atomic E-state index is 12.2. The van der Waals surface area contributed by atoms with Gasteiger partial charge in [-0.25, -0.2) is 0 Å². The van der Waals surface area contributed by atoms with E-state index in [0.717, 1.165) is 19.4 Å². The summed E-state index contributed by atoms with van der Waals surface area (Å²) >= 11 is 0. The fourth-order valence-electron chi connectivity index (χ4n) is 2.58. The van der Waals surface area contributed by atoms with E-state index in [1.807, 2.05) is 7.05 Å². The van der Waals surface area contributed by atoms with E-state index < -0.39 is 10.8 Å². The molecule has 4 N–H and O–H groups in total. The van der Waals surface area contributed by atoms with Crippen molar-refractivity contribution in [2.75, 3.05) is 25.6 Å². The molecule has 1 fully saturated rings. The molecule has 0 bridgehead atoms. The zero-order chi connectivity index (χ0) is 15.4. The summed E-state index contributed by atoms with van der Waals surface area (Å²) in [5.41, 5.74) is 2.07. The number of hydrogen-bond acceptors (Lipinski definition) is 6. The standard InChI is InChI=1S/C13H19N5O3/c1-17-7-3-4-9(17)8-15-13(19)10-5-2-6-11(16-14)12(10)18(20)21/h2,5-6,9,16H,3-4,7-8,14H2,1H3,(H,15,19). The van der Waals surface area contributed by atoms with Gasteiger partial charge in [0.25, 0.3) is 5.91 Å². The topological polar surface area (TPSA) is 114 Å². The normalized spacial score (nSPS) is 18.5. The van der Waals surface area contributed by atoms with Gasteiger partial charge in [-0.3, -0.25) is 20.8 Å². The maximum absolute atomic E-state index is 12.2.